The average Bonchev–Trinajstić information content (AvgIpc) is 2.58. The summed E-state index contributed by atoms with van der Waals surface area (Å²) in [5.41, 5.74) is 3.25. The lowest BCUT2D eigenvalue weighted by Gasteiger charge is -2.35. The van der Waals surface area contributed by atoms with Crippen LogP contribution in [0.1, 0.15) is 98.3 Å². The number of hydrogen-bond donors (Lipinski definition) is 4. The van der Waals surface area contributed by atoms with Crippen molar-refractivity contribution in [1.29, 1.82) is 0 Å². The summed E-state index contributed by atoms with van der Waals surface area (Å²) in [6.45, 7) is 11.8. The quantitative estimate of drug-likeness (QED) is 0.139. The van der Waals surface area contributed by atoms with E-state index in [1.54, 1.807) is 0 Å². The zero-order valence-corrected chi connectivity index (χ0v) is 18.8. The molecule has 0 rings (SSSR count). The van der Waals surface area contributed by atoms with E-state index in [9.17, 15) is 4.79 Å². The first-order chi connectivity index (χ1) is 12.6. The number of quaternary nitrogens is 1. The Hall–Kier alpha value is -0.460. The molecule has 164 valence electrons. The molecule has 0 radical (unpaired) electrons. The van der Waals surface area contributed by atoms with Crippen molar-refractivity contribution in [3.8, 4) is 0 Å². The van der Waals surface area contributed by atoms with Crippen molar-refractivity contribution in [1.82, 2.24) is 5.43 Å². The summed E-state index contributed by atoms with van der Waals surface area (Å²) in [6, 6.07) is 0. The molecule has 4 N–H and O–H groups in total. The summed E-state index contributed by atoms with van der Waals surface area (Å²) in [5, 5.41) is 0. The third kappa shape index (κ3) is 21.7. The van der Waals surface area contributed by atoms with Crippen molar-refractivity contribution < 1.29 is 28.6 Å². The van der Waals surface area contributed by atoms with Gasteiger partial charge in [-0.15, -0.1) is 0 Å². The third-order valence-corrected chi connectivity index (χ3v) is 4.73. The second kappa shape index (κ2) is 17.6. The van der Waals surface area contributed by atoms with Gasteiger partial charge in [-0.2, -0.15) is 0 Å². The number of phosphoric acid groups is 1. The highest BCUT2D eigenvalue weighted by molar-refractivity contribution is 7.45. The fourth-order valence-corrected chi connectivity index (χ4v) is 3.10. The first-order valence-electron chi connectivity index (χ1n) is 10.6. The maximum Gasteiger partial charge on any atom is 0.466 e. The van der Waals surface area contributed by atoms with E-state index >= 15 is 0 Å². The molecule has 0 saturated heterocycles. The first-order valence-corrected chi connectivity index (χ1v) is 12.2. The maximum absolute atomic E-state index is 12.1. The Labute approximate surface area is 166 Å². The lowest BCUT2D eigenvalue weighted by Crippen LogP contribution is -2.60. The molecule has 0 aromatic carbocycles. The number of rotatable bonds is 15. The molecule has 0 fully saturated rings. The fourth-order valence-electron chi connectivity index (χ4n) is 3.10. The standard InChI is InChI=1S/C19H40N2O.H3O4P/c1-5-9-10-11-12-13-14-15-16-17-19(22)20-21(7-3,8-4)18-6-2;1-5(2,3)4/h5-18H2,1-4H3;(H3,1,2,3,4)/p+1. The van der Waals surface area contributed by atoms with Gasteiger partial charge in [0.1, 0.15) is 6.54 Å². The highest BCUT2D eigenvalue weighted by atomic mass is 31.2. The molecule has 0 aromatic heterocycles. The van der Waals surface area contributed by atoms with E-state index < -0.39 is 7.82 Å². The second-order valence-corrected chi connectivity index (χ2v) is 8.15. The Morgan fingerprint density at radius 1 is 0.778 bits per heavy atom. The minimum atomic E-state index is -4.64. The number of amides is 1. The summed E-state index contributed by atoms with van der Waals surface area (Å²) >= 11 is 0. The van der Waals surface area contributed by atoms with Crippen LogP contribution < -0.4 is 5.43 Å². The van der Waals surface area contributed by atoms with Crippen molar-refractivity contribution in [3.63, 3.8) is 0 Å². The van der Waals surface area contributed by atoms with Crippen LogP contribution in [0.4, 0.5) is 0 Å². The molecule has 0 atom stereocenters. The lowest BCUT2D eigenvalue weighted by atomic mass is 10.1. The van der Waals surface area contributed by atoms with Crippen LogP contribution in [-0.2, 0) is 9.36 Å². The molecule has 0 aliphatic heterocycles. The van der Waals surface area contributed by atoms with Crippen LogP contribution in [0, 0.1) is 0 Å². The predicted molar refractivity (Wildman–Crippen MR) is 111 cm³/mol. The summed E-state index contributed by atoms with van der Waals surface area (Å²) in [6.07, 6.45) is 13.5. The van der Waals surface area contributed by atoms with Crippen LogP contribution in [-0.4, -0.2) is 44.8 Å². The molecule has 0 spiro atoms. The zero-order chi connectivity index (χ0) is 21.2. The SMILES string of the molecule is CCCCCCCCCCCC(=O)N[N+](CC)(CC)CCC.O=P(O)(O)O. The van der Waals surface area contributed by atoms with Gasteiger partial charge in [-0.1, -0.05) is 65.2 Å². The minimum absolute atomic E-state index is 0.236. The van der Waals surface area contributed by atoms with Gasteiger partial charge in [-0.25, -0.2) is 14.6 Å². The van der Waals surface area contributed by atoms with Crippen molar-refractivity contribution >= 4 is 13.7 Å². The molecule has 8 heteroatoms. The van der Waals surface area contributed by atoms with Gasteiger partial charge in [0, 0.05) is 6.42 Å². The number of nitrogens with one attached hydrogen (secondary N) is 1. The van der Waals surface area contributed by atoms with E-state index in [1.807, 2.05) is 0 Å². The van der Waals surface area contributed by atoms with E-state index in [2.05, 4.69) is 33.1 Å². The molecule has 0 aliphatic carbocycles. The number of carbonyl (C=O) groups is 1. The highest BCUT2D eigenvalue weighted by Crippen LogP contribution is 2.25. The van der Waals surface area contributed by atoms with E-state index in [0.717, 1.165) is 37.1 Å². The van der Waals surface area contributed by atoms with Gasteiger partial charge >= 0.3 is 7.82 Å². The van der Waals surface area contributed by atoms with E-state index in [1.165, 1.54) is 51.4 Å². The molecule has 0 aliphatic rings. The number of carbonyl (C=O) groups excluding carboxylic acids is 1. The van der Waals surface area contributed by atoms with Crippen LogP contribution in [0.3, 0.4) is 0 Å². The molecule has 1 amide bonds. The molecule has 0 heterocycles. The fraction of sp³-hybridized carbons (Fsp3) is 0.947. The lowest BCUT2D eigenvalue weighted by molar-refractivity contribution is -0.958. The smallest absolute Gasteiger partial charge is 0.303 e. The molecular weight excluding hydrogens is 367 g/mol. The van der Waals surface area contributed by atoms with Crippen molar-refractivity contribution in [2.45, 2.75) is 98.3 Å². The first kappa shape index (κ1) is 28.7. The molecule has 0 aromatic rings. The van der Waals surface area contributed by atoms with Crippen LogP contribution in [0.2, 0.25) is 0 Å². The van der Waals surface area contributed by atoms with Crippen molar-refractivity contribution in [2.75, 3.05) is 19.6 Å². The Bertz CT molecular complexity index is 389. The van der Waals surface area contributed by atoms with Crippen molar-refractivity contribution in [2.24, 2.45) is 0 Å². The molecular formula is C19H44N2O5P+. The maximum atomic E-state index is 12.1. The highest BCUT2D eigenvalue weighted by Gasteiger charge is 2.24. The number of nitrogens with zero attached hydrogens (tertiary/aromatic N) is 1. The molecule has 7 nitrogen and oxygen atoms in total. The van der Waals surface area contributed by atoms with Gasteiger partial charge in [0.2, 0.25) is 0 Å². The Morgan fingerprint density at radius 3 is 1.56 bits per heavy atom. The normalized spacial score (nSPS) is 11.7. The van der Waals surface area contributed by atoms with Crippen LogP contribution in [0.15, 0.2) is 0 Å². The van der Waals surface area contributed by atoms with Gasteiger partial charge in [0.25, 0.3) is 5.91 Å². The summed E-state index contributed by atoms with van der Waals surface area (Å²) < 4.78 is 9.62. The largest absolute Gasteiger partial charge is 0.466 e. The summed E-state index contributed by atoms with van der Waals surface area (Å²) in [5.74, 6) is 0.236. The third-order valence-electron chi connectivity index (χ3n) is 4.73. The van der Waals surface area contributed by atoms with Crippen molar-refractivity contribution in [3.05, 3.63) is 0 Å². The summed E-state index contributed by atoms with van der Waals surface area (Å²) in [4.78, 5) is 33.7. The van der Waals surface area contributed by atoms with E-state index in [-0.39, 0.29) is 5.91 Å². The number of hydrogen-bond acceptors (Lipinski definition) is 2. The van der Waals surface area contributed by atoms with Gasteiger partial charge in [0.15, 0.2) is 0 Å². The van der Waals surface area contributed by atoms with Gasteiger partial charge < -0.3 is 14.7 Å². The molecule has 0 unspecified atom stereocenters. The van der Waals surface area contributed by atoms with Crippen LogP contribution in [0.5, 0.6) is 0 Å². The van der Waals surface area contributed by atoms with Gasteiger partial charge in [0.05, 0.1) is 13.1 Å². The minimum Gasteiger partial charge on any atom is -0.303 e. The summed E-state index contributed by atoms with van der Waals surface area (Å²) in [7, 11) is -4.64. The monoisotopic (exact) mass is 411 g/mol. The Morgan fingerprint density at radius 2 is 1.19 bits per heavy atom. The van der Waals surface area contributed by atoms with Crippen LogP contribution in [0.25, 0.3) is 0 Å². The van der Waals surface area contributed by atoms with Gasteiger partial charge in [-0.3, -0.25) is 4.79 Å². The van der Waals surface area contributed by atoms with E-state index in [4.69, 9.17) is 19.2 Å². The molecule has 27 heavy (non-hydrogen) atoms. The number of unbranched alkanes of at least 4 members (excludes halogenated alkanes) is 8. The van der Waals surface area contributed by atoms with Crippen LogP contribution >= 0.6 is 7.82 Å². The topological polar surface area (TPSA) is 107 Å². The molecule has 0 saturated carbocycles. The average molecular weight is 412 g/mol. The Balaban J connectivity index is 0. The second-order valence-electron chi connectivity index (χ2n) is 7.13. The Kier molecular flexibility index (Phi) is 18.8. The van der Waals surface area contributed by atoms with Gasteiger partial charge in [-0.05, 0) is 26.7 Å². The molecule has 0 bridgehead atoms. The predicted octanol–water partition coefficient (Wildman–Crippen LogP) is 4.28. The van der Waals surface area contributed by atoms with E-state index in [0.29, 0.717) is 6.42 Å². The zero-order valence-electron chi connectivity index (χ0n) is 18.0.